The van der Waals surface area contributed by atoms with Crippen LogP contribution < -0.4 is 5.73 Å². The van der Waals surface area contributed by atoms with Crippen molar-refractivity contribution in [1.82, 2.24) is 10.3 Å². The summed E-state index contributed by atoms with van der Waals surface area (Å²) in [7, 11) is 0. The molecule has 6 nitrogen and oxygen atoms in total. The minimum absolute atomic E-state index is 0.144. The van der Waals surface area contributed by atoms with Crippen molar-refractivity contribution in [1.29, 1.82) is 0 Å². The zero-order valence-corrected chi connectivity index (χ0v) is 6.52. The van der Waals surface area contributed by atoms with Crippen LogP contribution in [0, 0.1) is 6.92 Å². The standard InChI is InChI=1S/C6H9N3O3/c1-3-5(9-12-8-3)2-4(7)6(10)11/h4H,2,7H2,1H3,(H,10,11)/t4-/m0/s1. The van der Waals surface area contributed by atoms with E-state index in [0.29, 0.717) is 11.4 Å². The first-order valence-electron chi connectivity index (χ1n) is 3.37. The molecule has 1 heterocycles. The maximum Gasteiger partial charge on any atom is 0.320 e. The van der Waals surface area contributed by atoms with Gasteiger partial charge in [0.15, 0.2) is 0 Å². The van der Waals surface area contributed by atoms with Crippen LogP contribution in [0.4, 0.5) is 0 Å². The lowest BCUT2D eigenvalue weighted by atomic mass is 10.1. The molecule has 0 aliphatic carbocycles. The van der Waals surface area contributed by atoms with E-state index in [2.05, 4.69) is 14.9 Å². The fourth-order valence-corrected chi connectivity index (χ4v) is 0.730. The second kappa shape index (κ2) is 3.31. The van der Waals surface area contributed by atoms with Crippen molar-refractivity contribution < 1.29 is 14.5 Å². The summed E-state index contributed by atoms with van der Waals surface area (Å²) < 4.78 is 4.38. The third kappa shape index (κ3) is 1.79. The van der Waals surface area contributed by atoms with E-state index in [1.165, 1.54) is 0 Å². The van der Waals surface area contributed by atoms with Crippen LogP contribution in [-0.2, 0) is 11.2 Å². The number of carboxylic acids is 1. The molecule has 0 spiro atoms. The summed E-state index contributed by atoms with van der Waals surface area (Å²) in [5, 5.41) is 15.5. The number of carbonyl (C=O) groups is 1. The van der Waals surface area contributed by atoms with Crippen molar-refractivity contribution >= 4 is 5.97 Å². The molecule has 0 bridgehead atoms. The van der Waals surface area contributed by atoms with Gasteiger partial charge in [0, 0.05) is 6.42 Å². The summed E-state index contributed by atoms with van der Waals surface area (Å²) in [4.78, 5) is 10.3. The Kier molecular flexibility index (Phi) is 2.39. The van der Waals surface area contributed by atoms with Gasteiger partial charge in [-0.3, -0.25) is 4.79 Å². The van der Waals surface area contributed by atoms with Gasteiger partial charge >= 0.3 is 5.97 Å². The highest BCUT2D eigenvalue weighted by Crippen LogP contribution is 2.02. The summed E-state index contributed by atoms with van der Waals surface area (Å²) in [6.07, 6.45) is 0.144. The first kappa shape index (κ1) is 8.66. The van der Waals surface area contributed by atoms with Gasteiger partial charge in [-0.1, -0.05) is 10.3 Å². The highest BCUT2D eigenvalue weighted by Gasteiger charge is 2.16. The predicted octanol–water partition coefficient (Wildman–Crippen LogP) is -0.668. The molecule has 1 aromatic rings. The zero-order valence-electron chi connectivity index (χ0n) is 6.52. The first-order chi connectivity index (χ1) is 5.61. The lowest BCUT2D eigenvalue weighted by Gasteiger charge is -2.01. The quantitative estimate of drug-likeness (QED) is 0.625. The average molecular weight is 171 g/mol. The normalized spacial score (nSPS) is 12.8. The number of aryl methyl sites for hydroxylation is 1. The highest BCUT2D eigenvalue weighted by molar-refractivity contribution is 5.73. The number of nitrogens with two attached hydrogens (primary N) is 1. The van der Waals surface area contributed by atoms with E-state index in [9.17, 15) is 4.79 Å². The van der Waals surface area contributed by atoms with Crippen molar-refractivity contribution in [2.75, 3.05) is 0 Å². The van der Waals surface area contributed by atoms with E-state index < -0.39 is 12.0 Å². The van der Waals surface area contributed by atoms with E-state index in [4.69, 9.17) is 10.8 Å². The van der Waals surface area contributed by atoms with Gasteiger partial charge in [0.1, 0.15) is 17.4 Å². The van der Waals surface area contributed by atoms with E-state index in [0.717, 1.165) is 0 Å². The van der Waals surface area contributed by atoms with Gasteiger partial charge in [-0.2, -0.15) is 0 Å². The predicted molar refractivity (Wildman–Crippen MR) is 38.4 cm³/mol. The number of hydrogen-bond donors (Lipinski definition) is 2. The van der Waals surface area contributed by atoms with Crippen molar-refractivity contribution in [3.8, 4) is 0 Å². The van der Waals surface area contributed by atoms with Gasteiger partial charge < -0.3 is 10.8 Å². The van der Waals surface area contributed by atoms with Gasteiger partial charge in [-0.15, -0.1) is 0 Å². The third-order valence-corrected chi connectivity index (χ3v) is 1.48. The number of rotatable bonds is 3. The first-order valence-corrected chi connectivity index (χ1v) is 3.37. The van der Waals surface area contributed by atoms with E-state index >= 15 is 0 Å². The molecule has 0 fully saturated rings. The van der Waals surface area contributed by atoms with Crippen LogP contribution in [0.3, 0.4) is 0 Å². The molecule has 66 valence electrons. The molecular formula is C6H9N3O3. The SMILES string of the molecule is Cc1nonc1C[C@H](N)C(=O)O. The number of aliphatic carboxylic acids is 1. The molecule has 0 saturated carbocycles. The largest absolute Gasteiger partial charge is 0.480 e. The lowest BCUT2D eigenvalue weighted by molar-refractivity contribution is -0.138. The number of nitrogens with zero attached hydrogens (tertiary/aromatic N) is 2. The van der Waals surface area contributed by atoms with Crippen LogP contribution in [0.1, 0.15) is 11.4 Å². The molecule has 0 saturated heterocycles. The fraction of sp³-hybridized carbons (Fsp3) is 0.500. The average Bonchev–Trinajstić information content (AvgIpc) is 2.36. The Hall–Kier alpha value is -1.43. The fourth-order valence-electron chi connectivity index (χ4n) is 0.730. The van der Waals surface area contributed by atoms with Crippen LogP contribution in [0.25, 0.3) is 0 Å². The Morgan fingerprint density at radius 1 is 1.75 bits per heavy atom. The molecule has 6 heteroatoms. The summed E-state index contributed by atoms with van der Waals surface area (Å²) in [5.41, 5.74) is 6.33. The molecular weight excluding hydrogens is 162 g/mol. The van der Waals surface area contributed by atoms with Crippen LogP contribution in [-0.4, -0.2) is 27.4 Å². The molecule has 12 heavy (non-hydrogen) atoms. The van der Waals surface area contributed by atoms with E-state index in [-0.39, 0.29) is 6.42 Å². The molecule has 0 aliphatic heterocycles. The topological polar surface area (TPSA) is 102 Å². The number of hydrogen-bond acceptors (Lipinski definition) is 5. The van der Waals surface area contributed by atoms with Gasteiger partial charge in [-0.05, 0) is 6.92 Å². The molecule has 1 rings (SSSR count). The maximum atomic E-state index is 10.3. The molecule has 0 radical (unpaired) electrons. The molecule has 0 aliphatic rings. The Morgan fingerprint density at radius 2 is 2.42 bits per heavy atom. The summed E-state index contributed by atoms with van der Waals surface area (Å²) in [5.74, 6) is -1.06. The number of carboxylic acid groups (broad SMARTS) is 1. The van der Waals surface area contributed by atoms with Gasteiger partial charge in [0.2, 0.25) is 0 Å². The molecule has 1 aromatic heterocycles. The van der Waals surface area contributed by atoms with Gasteiger partial charge in [-0.25, -0.2) is 4.63 Å². The van der Waals surface area contributed by atoms with Crippen molar-refractivity contribution in [2.24, 2.45) is 5.73 Å². The van der Waals surface area contributed by atoms with E-state index in [1.54, 1.807) is 6.92 Å². The monoisotopic (exact) mass is 171 g/mol. The van der Waals surface area contributed by atoms with Crippen LogP contribution in [0.2, 0.25) is 0 Å². The Morgan fingerprint density at radius 3 is 2.83 bits per heavy atom. The Bertz CT molecular complexity index is 283. The third-order valence-electron chi connectivity index (χ3n) is 1.48. The zero-order chi connectivity index (χ0) is 9.14. The summed E-state index contributed by atoms with van der Waals surface area (Å²) >= 11 is 0. The Labute approximate surface area is 68.3 Å². The van der Waals surface area contributed by atoms with Crippen LogP contribution in [0.5, 0.6) is 0 Å². The minimum Gasteiger partial charge on any atom is -0.480 e. The van der Waals surface area contributed by atoms with Crippen molar-refractivity contribution in [2.45, 2.75) is 19.4 Å². The van der Waals surface area contributed by atoms with Crippen LogP contribution in [0.15, 0.2) is 4.63 Å². The van der Waals surface area contributed by atoms with Crippen molar-refractivity contribution in [3.63, 3.8) is 0 Å². The summed E-state index contributed by atoms with van der Waals surface area (Å²) in [6.45, 7) is 1.68. The molecule has 1 atom stereocenters. The molecule has 3 N–H and O–H groups in total. The maximum absolute atomic E-state index is 10.3. The van der Waals surface area contributed by atoms with Crippen molar-refractivity contribution in [3.05, 3.63) is 11.4 Å². The molecule has 0 amide bonds. The molecule has 0 aromatic carbocycles. The minimum atomic E-state index is -1.06. The van der Waals surface area contributed by atoms with Gasteiger partial charge in [0.25, 0.3) is 0 Å². The summed E-state index contributed by atoms with van der Waals surface area (Å²) in [6, 6.07) is -0.949. The lowest BCUT2D eigenvalue weighted by Crippen LogP contribution is -2.32. The smallest absolute Gasteiger partial charge is 0.320 e. The molecule has 0 unspecified atom stereocenters. The van der Waals surface area contributed by atoms with Gasteiger partial charge in [0.05, 0.1) is 0 Å². The Balaban J connectivity index is 2.64. The number of aromatic nitrogens is 2. The van der Waals surface area contributed by atoms with E-state index in [1.807, 2.05) is 0 Å². The second-order valence-electron chi connectivity index (χ2n) is 2.45. The van der Waals surface area contributed by atoms with Crippen LogP contribution >= 0.6 is 0 Å². The second-order valence-corrected chi connectivity index (χ2v) is 2.45. The highest BCUT2D eigenvalue weighted by atomic mass is 16.6.